The minimum atomic E-state index is -0.587. The summed E-state index contributed by atoms with van der Waals surface area (Å²) in [4.78, 5) is 27.8. The number of carbonyl (C=O) groups excluding carboxylic acids is 2. The fraction of sp³-hybridized carbons (Fsp3) is 0.250. The second-order valence-electron chi connectivity index (χ2n) is 6.51. The lowest BCUT2D eigenvalue weighted by Gasteiger charge is -2.23. The second-order valence-corrected chi connectivity index (χ2v) is 8.41. The Balaban J connectivity index is 1.36. The molecule has 1 fully saturated rings. The van der Waals surface area contributed by atoms with Gasteiger partial charge in [0.05, 0.1) is 11.7 Å². The summed E-state index contributed by atoms with van der Waals surface area (Å²) in [5, 5.41) is 8.85. The van der Waals surface area contributed by atoms with Crippen molar-refractivity contribution in [2.45, 2.75) is 18.9 Å². The van der Waals surface area contributed by atoms with Crippen molar-refractivity contribution in [3.8, 4) is 11.3 Å². The number of amides is 1. The molecule has 1 aliphatic heterocycles. The molecule has 1 aliphatic rings. The summed E-state index contributed by atoms with van der Waals surface area (Å²) in [6, 6.07) is 13.3. The number of benzene rings is 1. The molecule has 8 heteroatoms. The molecular weight excluding hydrogens is 442 g/mol. The van der Waals surface area contributed by atoms with Crippen LogP contribution in [0.4, 0.5) is 0 Å². The Morgan fingerprint density at radius 1 is 1.29 bits per heavy atom. The van der Waals surface area contributed by atoms with Crippen molar-refractivity contribution in [1.29, 1.82) is 0 Å². The average Bonchev–Trinajstić information content (AvgIpc) is 3.47. The third-order valence-electron chi connectivity index (χ3n) is 4.71. The zero-order valence-electron chi connectivity index (χ0n) is 14.9. The maximum absolute atomic E-state index is 12.6. The summed E-state index contributed by atoms with van der Waals surface area (Å²) in [6.07, 6.45) is 1.90. The van der Waals surface area contributed by atoms with Gasteiger partial charge in [-0.3, -0.25) is 9.89 Å². The number of carbonyl (C=O) groups is 2. The first kappa shape index (κ1) is 18.9. The van der Waals surface area contributed by atoms with E-state index < -0.39 is 5.97 Å². The number of aromatic nitrogens is 2. The van der Waals surface area contributed by atoms with Gasteiger partial charge in [-0.2, -0.15) is 5.10 Å². The van der Waals surface area contributed by atoms with Crippen LogP contribution in [0.1, 0.15) is 34.2 Å². The van der Waals surface area contributed by atoms with Crippen LogP contribution in [-0.2, 0) is 9.53 Å². The van der Waals surface area contributed by atoms with Gasteiger partial charge in [-0.25, -0.2) is 4.79 Å². The summed E-state index contributed by atoms with van der Waals surface area (Å²) in [5.41, 5.74) is 1.75. The molecule has 1 saturated heterocycles. The maximum Gasteiger partial charge on any atom is 0.356 e. The summed E-state index contributed by atoms with van der Waals surface area (Å²) in [6.45, 7) is 0.421. The molecule has 3 aromatic rings. The molecule has 144 valence electrons. The molecule has 4 rings (SSSR count). The molecule has 6 nitrogen and oxygen atoms in total. The van der Waals surface area contributed by atoms with E-state index in [-0.39, 0.29) is 24.2 Å². The van der Waals surface area contributed by atoms with Gasteiger partial charge in [0.2, 0.25) is 0 Å². The van der Waals surface area contributed by atoms with Crippen LogP contribution in [0.5, 0.6) is 0 Å². The Kier molecular flexibility index (Phi) is 5.59. The molecule has 1 N–H and O–H groups in total. The van der Waals surface area contributed by atoms with Gasteiger partial charge in [0, 0.05) is 21.5 Å². The van der Waals surface area contributed by atoms with E-state index in [1.165, 1.54) is 4.88 Å². The number of nitrogens with one attached hydrogen (secondary N) is 1. The monoisotopic (exact) mass is 459 g/mol. The van der Waals surface area contributed by atoms with Crippen molar-refractivity contribution in [3.05, 3.63) is 62.9 Å². The third kappa shape index (κ3) is 4.02. The molecule has 1 unspecified atom stereocenters. The highest BCUT2D eigenvalue weighted by Crippen LogP contribution is 2.34. The van der Waals surface area contributed by atoms with Crippen LogP contribution in [0.25, 0.3) is 11.3 Å². The molecule has 28 heavy (non-hydrogen) atoms. The van der Waals surface area contributed by atoms with Crippen molar-refractivity contribution in [3.63, 3.8) is 0 Å². The number of thiophene rings is 1. The summed E-state index contributed by atoms with van der Waals surface area (Å²) in [7, 11) is 0. The highest BCUT2D eigenvalue weighted by atomic mass is 79.9. The van der Waals surface area contributed by atoms with E-state index in [1.54, 1.807) is 22.3 Å². The number of hydrogen-bond donors (Lipinski definition) is 1. The second kappa shape index (κ2) is 8.28. The van der Waals surface area contributed by atoms with E-state index in [0.29, 0.717) is 12.2 Å². The van der Waals surface area contributed by atoms with Crippen LogP contribution >= 0.6 is 27.3 Å². The number of halogens is 1. The quantitative estimate of drug-likeness (QED) is 0.572. The number of nitrogens with zero attached hydrogens (tertiary/aromatic N) is 2. The third-order valence-corrected chi connectivity index (χ3v) is 6.21. The number of ether oxygens (including phenoxy) is 1. The molecule has 0 bridgehead atoms. The van der Waals surface area contributed by atoms with Crippen molar-refractivity contribution in [2.75, 3.05) is 13.2 Å². The lowest BCUT2D eigenvalue weighted by molar-refractivity contribution is -0.135. The van der Waals surface area contributed by atoms with Crippen LogP contribution in [0.2, 0.25) is 0 Å². The highest BCUT2D eigenvalue weighted by Gasteiger charge is 2.31. The molecule has 3 heterocycles. The number of hydrogen-bond acceptors (Lipinski definition) is 5. The molecule has 0 aliphatic carbocycles. The first-order valence-corrected chi connectivity index (χ1v) is 10.6. The number of esters is 1. The van der Waals surface area contributed by atoms with Gasteiger partial charge in [-0.15, -0.1) is 11.3 Å². The molecular formula is C20H18BrN3O3S. The van der Waals surface area contributed by atoms with Gasteiger partial charge < -0.3 is 9.64 Å². The molecule has 1 atom stereocenters. The van der Waals surface area contributed by atoms with Crippen molar-refractivity contribution < 1.29 is 14.3 Å². The topological polar surface area (TPSA) is 75.3 Å². The van der Waals surface area contributed by atoms with Gasteiger partial charge in [-0.1, -0.05) is 34.1 Å². The number of likely N-dealkylation sites (tertiary alicyclic amines) is 1. The van der Waals surface area contributed by atoms with Crippen LogP contribution < -0.4 is 0 Å². The van der Waals surface area contributed by atoms with Crippen LogP contribution in [0, 0.1) is 0 Å². The average molecular weight is 460 g/mol. The standard InChI is InChI=1S/C20H18BrN3O3S/c21-14-7-5-13(6-8-14)15-11-16(23-22-15)20(26)27-12-19(25)24-9-1-3-17(24)18-4-2-10-28-18/h2,4-8,10-11,17H,1,3,9,12H2,(H,22,23). The Morgan fingerprint density at radius 3 is 2.86 bits per heavy atom. The zero-order chi connectivity index (χ0) is 19.5. The molecule has 0 spiro atoms. The van der Waals surface area contributed by atoms with Crippen LogP contribution in [-0.4, -0.2) is 40.1 Å². The first-order chi connectivity index (χ1) is 13.6. The first-order valence-electron chi connectivity index (χ1n) is 8.93. The number of H-pyrrole nitrogens is 1. The lowest BCUT2D eigenvalue weighted by atomic mass is 10.1. The van der Waals surface area contributed by atoms with Gasteiger partial charge >= 0.3 is 5.97 Å². The van der Waals surface area contributed by atoms with Crippen LogP contribution in [0.15, 0.2) is 52.3 Å². The minimum absolute atomic E-state index is 0.0855. The number of aromatic amines is 1. The largest absolute Gasteiger partial charge is 0.451 e. The van der Waals surface area contributed by atoms with Crippen molar-refractivity contribution in [1.82, 2.24) is 15.1 Å². The maximum atomic E-state index is 12.6. The van der Waals surface area contributed by atoms with Gasteiger partial charge in [-0.05, 0) is 42.5 Å². The van der Waals surface area contributed by atoms with Crippen LogP contribution in [0.3, 0.4) is 0 Å². The molecule has 0 radical (unpaired) electrons. The van der Waals surface area contributed by atoms with E-state index in [1.807, 2.05) is 41.8 Å². The van der Waals surface area contributed by atoms with E-state index >= 15 is 0 Å². The minimum Gasteiger partial charge on any atom is -0.451 e. The SMILES string of the molecule is O=C(OCC(=O)N1CCCC1c1cccs1)c1cc(-c2ccc(Br)cc2)n[nH]1. The van der Waals surface area contributed by atoms with E-state index in [4.69, 9.17) is 4.74 Å². The predicted octanol–water partition coefficient (Wildman–Crippen LogP) is 4.42. The fourth-order valence-corrected chi connectivity index (χ4v) is 4.46. The molecule has 2 aromatic heterocycles. The summed E-state index contributed by atoms with van der Waals surface area (Å²) >= 11 is 5.03. The molecule has 0 saturated carbocycles. The Labute approximate surface area is 174 Å². The fourth-order valence-electron chi connectivity index (χ4n) is 3.32. The van der Waals surface area contributed by atoms with Gasteiger partial charge in [0.15, 0.2) is 6.61 Å². The van der Waals surface area contributed by atoms with Gasteiger partial charge in [0.1, 0.15) is 5.69 Å². The van der Waals surface area contributed by atoms with E-state index in [2.05, 4.69) is 26.1 Å². The van der Waals surface area contributed by atoms with E-state index in [9.17, 15) is 9.59 Å². The number of rotatable bonds is 5. The molecule has 1 aromatic carbocycles. The Morgan fingerprint density at radius 2 is 2.11 bits per heavy atom. The normalized spacial score (nSPS) is 16.3. The van der Waals surface area contributed by atoms with E-state index in [0.717, 1.165) is 22.9 Å². The van der Waals surface area contributed by atoms with Crippen molar-refractivity contribution >= 4 is 39.1 Å². The van der Waals surface area contributed by atoms with Crippen molar-refractivity contribution in [2.24, 2.45) is 0 Å². The zero-order valence-corrected chi connectivity index (χ0v) is 17.3. The summed E-state index contributed by atoms with van der Waals surface area (Å²) < 4.78 is 6.20. The highest BCUT2D eigenvalue weighted by molar-refractivity contribution is 9.10. The summed E-state index contributed by atoms with van der Waals surface area (Å²) in [5.74, 6) is -0.756. The Bertz CT molecular complexity index is 969. The predicted molar refractivity (Wildman–Crippen MR) is 110 cm³/mol. The van der Waals surface area contributed by atoms with Gasteiger partial charge in [0.25, 0.3) is 5.91 Å². The lowest BCUT2D eigenvalue weighted by Crippen LogP contribution is -2.34. The Hall–Kier alpha value is -2.45. The molecule has 1 amide bonds. The smallest absolute Gasteiger partial charge is 0.356 e.